The Labute approximate surface area is 148 Å². The minimum absolute atomic E-state index is 0.0216. The van der Waals surface area contributed by atoms with Gasteiger partial charge in [-0.2, -0.15) is 0 Å². The molecule has 0 spiro atoms. The molecule has 0 saturated carbocycles. The maximum absolute atomic E-state index is 12.8. The Morgan fingerprint density at radius 2 is 1.72 bits per heavy atom. The third-order valence-corrected chi connectivity index (χ3v) is 5.37. The minimum Gasteiger partial charge on any atom is -0.341 e. The van der Waals surface area contributed by atoms with Crippen molar-refractivity contribution in [2.45, 2.75) is 32.7 Å². The number of carbonyl (C=O) groups excluding carboxylic acids is 1. The molecule has 1 saturated heterocycles. The van der Waals surface area contributed by atoms with Gasteiger partial charge in [-0.25, -0.2) is 9.97 Å². The molecule has 1 aromatic heterocycles. The first-order valence-electron chi connectivity index (χ1n) is 9.14. The average Bonchev–Trinajstić information content (AvgIpc) is 2.68. The van der Waals surface area contributed by atoms with Crippen LogP contribution in [0, 0.1) is 5.92 Å². The first kappa shape index (κ1) is 16.1. The first-order chi connectivity index (χ1) is 12.2. The van der Waals surface area contributed by atoms with E-state index in [4.69, 9.17) is 0 Å². The normalized spacial score (nSPS) is 18.1. The molecule has 1 amide bonds. The van der Waals surface area contributed by atoms with Gasteiger partial charge in [0.2, 0.25) is 5.95 Å². The fourth-order valence-electron chi connectivity index (χ4n) is 3.66. The van der Waals surface area contributed by atoms with Crippen molar-refractivity contribution < 1.29 is 4.79 Å². The summed E-state index contributed by atoms with van der Waals surface area (Å²) in [7, 11) is 0. The Balaban J connectivity index is 1.44. The van der Waals surface area contributed by atoms with Gasteiger partial charge in [-0.15, -0.1) is 0 Å². The van der Waals surface area contributed by atoms with Crippen molar-refractivity contribution in [3.63, 3.8) is 0 Å². The van der Waals surface area contributed by atoms with E-state index in [2.05, 4.69) is 40.0 Å². The van der Waals surface area contributed by atoms with E-state index in [1.165, 1.54) is 24.0 Å². The molecule has 3 heterocycles. The second kappa shape index (κ2) is 6.82. The highest BCUT2D eigenvalue weighted by molar-refractivity contribution is 5.93. The van der Waals surface area contributed by atoms with Crippen LogP contribution < -0.4 is 4.90 Å². The summed E-state index contributed by atoms with van der Waals surface area (Å²) in [5, 5.41) is 0. The summed E-state index contributed by atoms with van der Waals surface area (Å²) < 4.78 is 0. The SMILES string of the molecule is CC1CCN(c2ncc(C(=O)N3CCc4ccccc4C3)cn2)CC1. The van der Waals surface area contributed by atoms with Gasteiger partial charge in [-0.05, 0) is 36.3 Å². The lowest BCUT2D eigenvalue weighted by Crippen LogP contribution is -2.36. The molecule has 0 N–H and O–H groups in total. The molecule has 4 rings (SSSR count). The van der Waals surface area contributed by atoms with Crippen LogP contribution in [0.5, 0.6) is 0 Å². The zero-order chi connectivity index (χ0) is 17.2. The standard InChI is InChI=1S/C20H24N4O/c1-15-6-9-23(10-7-15)20-21-12-18(13-22-20)19(25)24-11-8-16-4-2-3-5-17(16)14-24/h2-5,12-13,15H,6-11,14H2,1H3. The van der Waals surface area contributed by atoms with Crippen molar-refractivity contribution in [1.29, 1.82) is 0 Å². The molecule has 2 aromatic rings. The number of rotatable bonds is 2. The molecular weight excluding hydrogens is 312 g/mol. The highest BCUT2D eigenvalue weighted by Crippen LogP contribution is 2.22. The van der Waals surface area contributed by atoms with Crippen molar-refractivity contribution in [1.82, 2.24) is 14.9 Å². The van der Waals surface area contributed by atoms with Crippen LogP contribution in [-0.4, -0.2) is 40.4 Å². The third kappa shape index (κ3) is 3.36. The monoisotopic (exact) mass is 336 g/mol. The number of piperidine rings is 1. The maximum Gasteiger partial charge on any atom is 0.257 e. The van der Waals surface area contributed by atoms with Gasteiger partial charge in [0.25, 0.3) is 5.91 Å². The number of amides is 1. The van der Waals surface area contributed by atoms with Crippen LogP contribution >= 0.6 is 0 Å². The summed E-state index contributed by atoms with van der Waals surface area (Å²) in [4.78, 5) is 25.8. The second-order valence-corrected chi connectivity index (χ2v) is 7.19. The minimum atomic E-state index is 0.0216. The lowest BCUT2D eigenvalue weighted by atomic mass is 9.99. The summed E-state index contributed by atoms with van der Waals surface area (Å²) in [5.41, 5.74) is 3.16. The molecule has 0 radical (unpaired) electrons. The number of carbonyl (C=O) groups is 1. The van der Waals surface area contributed by atoms with Crippen molar-refractivity contribution in [2.24, 2.45) is 5.92 Å². The average molecular weight is 336 g/mol. The fraction of sp³-hybridized carbons (Fsp3) is 0.450. The lowest BCUT2D eigenvalue weighted by molar-refractivity contribution is 0.0734. The molecular formula is C20H24N4O. The Morgan fingerprint density at radius 1 is 1.04 bits per heavy atom. The van der Waals surface area contributed by atoms with Crippen molar-refractivity contribution in [2.75, 3.05) is 24.5 Å². The Bertz CT molecular complexity index is 751. The largest absolute Gasteiger partial charge is 0.341 e. The van der Waals surface area contributed by atoms with Crippen LogP contribution in [0.25, 0.3) is 0 Å². The molecule has 130 valence electrons. The number of anilines is 1. The second-order valence-electron chi connectivity index (χ2n) is 7.19. The molecule has 5 nitrogen and oxygen atoms in total. The van der Waals surface area contributed by atoms with E-state index in [0.29, 0.717) is 12.1 Å². The smallest absolute Gasteiger partial charge is 0.257 e. The topological polar surface area (TPSA) is 49.3 Å². The highest BCUT2D eigenvalue weighted by atomic mass is 16.2. The number of hydrogen-bond acceptors (Lipinski definition) is 4. The zero-order valence-electron chi connectivity index (χ0n) is 14.7. The van der Waals surface area contributed by atoms with Crippen LogP contribution in [0.4, 0.5) is 5.95 Å². The summed E-state index contributed by atoms with van der Waals surface area (Å²) in [6.45, 7) is 5.70. The molecule has 0 atom stereocenters. The quantitative estimate of drug-likeness (QED) is 0.846. The van der Waals surface area contributed by atoms with Gasteiger partial charge in [0.05, 0.1) is 5.56 Å². The van der Waals surface area contributed by atoms with Gasteiger partial charge < -0.3 is 9.80 Å². The van der Waals surface area contributed by atoms with E-state index in [-0.39, 0.29) is 5.91 Å². The van der Waals surface area contributed by atoms with Gasteiger partial charge in [0.1, 0.15) is 0 Å². The van der Waals surface area contributed by atoms with E-state index in [0.717, 1.165) is 37.9 Å². The van der Waals surface area contributed by atoms with E-state index in [1.807, 2.05) is 11.0 Å². The fourth-order valence-corrected chi connectivity index (χ4v) is 3.66. The van der Waals surface area contributed by atoms with E-state index >= 15 is 0 Å². The van der Waals surface area contributed by atoms with E-state index < -0.39 is 0 Å². The van der Waals surface area contributed by atoms with E-state index in [9.17, 15) is 4.79 Å². The zero-order valence-corrected chi connectivity index (χ0v) is 14.7. The Kier molecular flexibility index (Phi) is 4.38. The number of hydrogen-bond donors (Lipinski definition) is 0. The number of nitrogens with zero attached hydrogens (tertiary/aromatic N) is 4. The highest BCUT2D eigenvalue weighted by Gasteiger charge is 2.23. The number of fused-ring (bicyclic) bond motifs is 1. The Hall–Kier alpha value is -2.43. The predicted octanol–water partition coefficient (Wildman–Crippen LogP) is 2.91. The molecule has 5 heteroatoms. The van der Waals surface area contributed by atoms with Gasteiger partial charge in [-0.1, -0.05) is 31.2 Å². The van der Waals surface area contributed by atoms with Crippen LogP contribution in [-0.2, 0) is 13.0 Å². The molecule has 0 aliphatic carbocycles. The number of benzene rings is 1. The maximum atomic E-state index is 12.8. The molecule has 1 fully saturated rings. The first-order valence-corrected chi connectivity index (χ1v) is 9.14. The summed E-state index contributed by atoms with van der Waals surface area (Å²) in [5.74, 6) is 1.54. The van der Waals surface area contributed by atoms with Crippen molar-refractivity contribution in [3.8, 4) is 0 Å². The van der Waals surface area contributed by atoms with Gasteiger partial charge >= 0.3 is 0 Å². The molecule has 0 unspecified atom stereocenters. The van der Waals surface area contributed by atoms with Crippen LogP contribution in [0.1, 0.15) is 41.3 Å². The molecule has 1 aromatic carbocycles. The van der Waals surface area contributed by atoms with Crippen molar-refractivity contribution in [3.05, 3.63) is 53.3 Å². The molecule has 25 heavy (non-hydrogen) atoms. The van der Waals surface area contributed by atoms with Crippen LogP contribution in [0.15, 0.2) is 36.7 Å². The molecule has 2 aliphatic rings. The van der Waals surface area contributed by atoms with Crippen LogP contribution in [0.2, 0.25) is 0 Å². The van der Waals surface area contributed by atoms with Crippen molar-refractivity contribution >= 4 is 11.9 Å². The van der Waals surface area contributed by atoms with Gasteiger partial charge in [0, 0.05) is 38.6 Å². The summed E-state index contributed by atoms with van der Waals surface area (Å²) >= 11 is 0. The summed E-state index contributed by atoms with van der Waals surface area (Å²) in [6, 6.07) is 8.34. The van der Waals surface area contributed by atoms with Crippen LogP contribution in [0.3, 0.4) is 0 Å². The summed E-state index contributed by atoms with van der Waals surface area (Å²) in [6.07, 6.45) is 6.63. The number of aromatic nitrogens is 2. The Morgan fingerprint density at radius 3 is 2.44 bits per heavy atom. The van der Waals surface area contributed by atoms with Gasteiger partial charge in [0.15, 0.2) is 0 Å². The van der Waals surface area contributed by atoms with Gasteiger partial charge in [-0.3, -0.25) is 4.79 Å². The molecule has 2 aliphatic heterocycles. The predicted molar refractivity (Wildman–Crippen MR) is 97.5 cm³/mol. The van der Waals surface area contributed by atoms with E-state index in [1.54, 1.807) is 12.4 Å². The lowest BCUT2D eigenvalue weighted by Gasteiger charge is -2.30. The third-order valence-electron chi connectivity index (χ3n) is 5.37. The molecule has 0 bridgehead atoms.